The van der Waals surface area contributed by atoms with Crippen LogP contribution in [0.3, 0.4) is 0 Å². The molecule has 2 heterocycles. The Morgan fingerprint density at radius 3 is 3.06 bits per heavy atom. The number of carbonyl (C=O) groups is 1. The van der Waals surface area contributed by atoms with Crippen molar-refractivity contribution in [2.24, 2.45) is 0 Å². The first-order valence-electron chi connectivity index (χ1n) is 6.11. The highest BCUT2D eigenvalue weighted by Gasteiger charge is 2.20. The van der Waals surface area contributed by atoms with Gasteiger partial charge in [0.25, 0.3) is 0 Å². The van der Waals surface area contributed by atoms with E-state index in [4.69, 9.17) is 13.9 Å². The number of hydrogen-bond donors (Lipinski definition) is 0. The third kappa shape index (κ3) is 2.91. The number of ether oxygens (including phenoxy) is 2. The highest BCUT2D eigenvalue weighted by atomic mass is 16.5. The zero-order valence-corrected chi connectivity index (χ0v) is 11.1. The largest absolute Gasteiger partial charge is 0.465 e. The molecule has 2 rings (SSSR count). The van der Waals surface area contributed by atoms with Crippen LogP contribution in [0, 0.1) is 6.92 Å². The maximum absolute atomic E-state index is 11.5. The molecule has 0 aliphatic carbocycles. The molecule has 0 N–H and O–H groups in total. The third-order valence-electron chi connectivity index (χ3n) is 3.08. The normalized spacial score (nSPS) is 20.9. The number of morpholine rings is 1. The van der Waals surface area contributed by atoms with Crippen LogP contribution < -0.4 is 0 Å². The number of aryl methyl sites for hydroxylation is 1. The Hall–Kier alpha value is -1.33. The van der Waals surface area contributed by atoms with Crippen molar-refractivity contribution in [1.29, 1.82) is 0 Å². The van der Waals surface area contributed by atoms with Crippen LogP contribution in [0.25, 0.3) is 0 Å². The molecule has 1 fully saturated rings. The molecule has 0 amide bonds. The summed E-state index contributed by atoms with van der Waals surface area (Å²) in [7, 11) is 1.37. The maximum Gasteiger partial charge on any atom is 0.341 e. The number of methoxy groups -OCH3 is 1. The van der Waals surface area contributed by atoms with Crippen molar-refractivity contribution < 1.29 is 18.7 Å². The summed E-state index contributed by atoms with van der Waals surface area (Å²) in [5, 5.41) is 0. The number of carbonyl (C=O) groups excluding carboxylic acids is 1. The van der Waals surface area contributed by atoms with Gasteiger partial charge in [-0.1, -0.05) is 0 Å². The lowest BCUT2D eigenvalue weighted by Crippen LogP contribution is -2.40. The molecule has 1 aliphatic rings. The van der Waals surface area contributed by atoms with Crippen molar-refractivity contribution in [2.45, 2.75) is 26.5 Å². The van der Waals surface area contributed by atoms with Gasteiger partial charge in [-0.3, -0.25) is 4.90 Å². The first-order chi connectivity index (χ1) is 8.60. The molecule has 1 aromatic heterocycles. The van der Waals surface area contributed by atoms with Gasteiger partial charge in [0.05, 0.1) is 26.4 Å². The predicted octanol–water partition coefficient (Wildman–Crippen LogP) is 1.60. The van der Waals surface area contributed by atoms with E-state index >= 15 is 0 Å². The van der Waals surface area contributed by atoms with E-state index in [0.29, 0.717) is 17.9 Å². The van der Waals surface area contributed by atoms with Crippen molar-refractivity contribution in [3.63, 3.8) is 0 Å². The minimum atomic E-state index is -0.349. The fraction of sp³-hybridized carbons (Fsp3) is 0.615. The monoisotopic (exact) mass is 253 g/mol. The van der Waals surface area contributed by atoms with E-state index in [1.54, 1.807) is 13.0 Å². The van der Waals surface area contributed by atoms with Gasteiger partial charge >= 0.3 is 5.97 Å². The molecule has 0 bridgehead atoms. The van der Waals surface area contributed by atoms with E-state index < -0.39 is 0 Å². The Morgan fingerprint density at radius 1 is 1.61 bits per heavy atom. The molecule has 18 heavy (non-hydrogen) atoms. The lowest BCUT2D eigenvalue weighted by molar-refractivity contribution is -0.0231. The van der Waals surface area contributed by atoms with E-state index in [0.717, 1.165) is 25.5 Å². The van der Waals surface area contributed by atoms with Gasteiger partial charge in [-0.25, -0.2) is 4.79 Å². The summed E-state index contributed by atoms with van der Waals surface area (Å²) in [5.74, 6) is 1.05. The van der Waals surface area contributed by atoms with Gasteiger partial charge in [-0.15, -0.1) is 0 Å². The zero-order valence-electron chi connectivity index (χ0n) is 11.1. The van der Waals surface area contributed by atoms with Crippen LogP contribution in [0.15, 0.2) is 10.5 Å². The Balaban J connectivity index is 2.03. The van der Waals surface area contributed by atoms with Gasteiger partial charge < -0.3 is 13.9 Å². The van der Waals surface area contributed by atoms with Crippen LogP contribution in [0.1, 0.15) is 28.8 Å². The Morgan fingerprint density at radius 2 is 2.39 bits per heavy atom. The molecule has 1 saturated heterocycles. The molecular weight excluding hydrogens is 234 g/mol. The molecule has 0 radical (unpaired) electrons. The fourth-order valence-electron chi connectivity index (χ4n) is 2.19. The summed E-state index contributed by atoms with van der Waals surface area (Å²) in [6.45, 7) is 7.04. The Labute approximate surface area is 107 Å². The van der Waals surface area contributed by atoms with Gasteiger partial charge in [-0.2, -0.15) is 0 Å². The number of nitrogens with zero attached hydrogens (tertiary/aromatic N) is 1. The van der Waals surface area contributed by atoms with Crippen LogP contribution >= 0.6 is 0 Å². The van der Waals surface area contributed by atoms with Crippen molar-refractivity contribution in [3.05, 3.63) is 23.2 Å². The number of rotatable bonds is 3. The minimum absolute atomic E-state index is 0.245. The smallest absolute Gasteiger partial charge is 0.341 e. The number of hydrogen-bond acceptors (Lipinski definition) is 5. The number of furan rings is 1. The standard InChI is InChI=1S/C13H19NO4/c1-9-7-14(4-5-17-9)8-11-6-12(10(2)18-11)13(15)16-3/h6,9H,4-5,7-8H2,1-3H3. The average Bonchev–Trinajstić information content (AvgIpc) is 2.69. The summed E-state index contributed by atoms with van der Waals surface area (Å²) in [6, 6.07) is 1.77. The summed E-state index contributed by atoms with van der Waals surface area (Å²) in [6.07, 6.45) is 0.245. The lowest BCUT2D eigenvalue weighted by atomic mass is 10.2. The average molecular weight is 253 g/mol. The highest BCUT2D eigenvalue weighted by Crippen LogP contribution is 2.18. The van der Waals surface area contributed by atoms with Crippen LogP contribution in [0.2, 0.25) is 0 Å². The Kier molecular flexibility index (Phi) is 4.04. The van der Waals surface area contributed by atoms with E-state index in [1.165, 1.54) is 7.11 Å². The van der Waals surface area contributed by atoms with Crippen LogP contribution in [-0.4, -0.2) is 43.8 Å². The van der Waals surface area contributed by atoms with E-state index in [-0.39, 0.29) is 12.1 Å². The lowest BCUT2D eigenvalue weighted by Gasteiger charge is -2.30. The summed E-state index contributed by atoms with van der Waals surface area (Å²) < 4.78 is 15.8. The van der Waals surface area contributed by atoms with E-state index in [1.807, 2.05) is 0 Å². The van der Waals surface area contributed by atoms with Gasteiger partial charge in [0.15, 0.2) is 0 Å². The number of esters is 1. The second-order valence-electron chi connectivity index (χ2n) is 4.59. The van der Waals surface area contributed by atoms with Crippen molar-refractivity contribution in [2.75, 3.05) is 26.8 Å². The Bertz CT molecular complexity index is 427. The minimum Gasteiger partial charge on any atom is -0.465 e. The highest BCUT2D eigenvalue weighted by molar-refractivity contribution is 5.90. The topological polar surface area (TPSA) is 51.9 Å². The van der Waals surface area contributed by atoms with E-state index in [2.05, 4.69) is 11.8 Å². The van der Waals surface area contributed by atoms with Gasteiger partial charge in [0.1, 0.15) is 17.1 Å². The first-order valence-corrected chi connectivity index (χ1v) is 6.11. The maximum atomic E-state index is 11.5. The summed E-state index contributed by atoms with van der Waals surface area (Å²) in [4.78, 5) is 13.7. The van der Waals surface area contributed by atoms with Gasteiger partial charge in [0.2, 0.25) is 0 Å². The molecule has 1 aromatic rings. The van der Waals surface area contributed by atoms with Crippen molar-refractivity contribution in [3.8, 4) is 0 Å². The van der Waals surface area contributed by atoms with Crippen LogP contribution in [0.4, 0.5) is 0 Å². The molecule has 5 heteroatoms. The van der Waals surface area contributed by atoms with Gasteiger partial charge in [0, 0.05) is 13.1 Å². The molecular formula is C13H19NO4. The van der Waals surface area contributed by atoms with Crippen molar-refractivity contribution >= 4 is 5.97 Å². The molecule has 0 spiro atoms. The molecule has 1 atom stereocenters. The predicted molar refractivity (Wildman–Crippen MR) is 65.5 cm³/mol. The molecule has 0 saturated carbocycles. The first kappa shape index (κ1) is 13.1. The molecule has 100 valence electrons. The summed E-state index contributed by atoms with van der Waals surface area (Å²) >= 11 is 0. The second kappa shape index (κ2) is 5.54. The molecule has 1 unspecified atom stereocenters. The summed E-state index contributed by atoms with van der Waals surface area (Å²) in [5.41, 5.74) is 0.508. The van der Waals surface area contributed by atoms with E-state index in [9.17, 15) is 4.79 Å². The zero-order chi connectivity index (χ0) is 13.1. The molecule has 5 nitrogen and oxygen atoms in total. The van der Waals surface area contributed by atoms with Crippen LogP contribution in [0.5, 0.6) is 0 Å². The SMILES string of the molecule is COC(=O)c1cc(CN2CCOC(C)C2)oc1C. The third-order valence-corrected chi connectivity index (χ3v) is 3.08. The molecule has 1 aliphatic heterocycles. The fourth-order valence-corrected chi connectivity index (χ4v) is 2.19. The second-order valence-corrected chi connectivity index (χ2v) is 4.59. The quantitative estimate of drug-likeness (QED) is 0.766. The van der Waals surface area contributed by atoms with Crippen molar-refractivity contribution in [1.82, 2.24) is 4.90 Å². The molecule has 0 aromatic carbocycles. The van der Waals surface area contributed by atoms with Gasteiger partial charge in [-0.05, 0) is 19.9 Å². The van der Waals surface area contributed by atoms with Crippen LogP contribution in [-0.2, 0) is 16.0 Å².